The maximum Gasteiger partial charge on any atom is 0.164 e. The molecule has 0 atom stereocenters. The molecule has 1 rings (SSSR count). The molecule has 1 aromatic heterocycles. The number of hydrogen-bond acceptors (Lipinski definition) is 2. The fourth-order valence-corrected chi connectivity index (χ4v) is 1.80. The summed E-state index contributed by atoms with van der Waals surface area (Å²) < 4.78 is 6.40. The molecule has 14 heavy (non-hydrogen) atoms. The summed E-state index contributed by atoms with van der Waals surface area (Å²) in [6, 6.07) is 4.02. The van der Waals surface area contributed by atoms with Crippen LogP contribution in [0.2, 0.25) is 0 Å². The van der Waals surface area contributed by atoms with Gasteiger partial charge in [0.1, 0.15) is 5.76 Å². The molecule has 3 heteroatoms. The number of unbranched alkanes of at least 4 members (excludes halogenated alkanes) is 3. The topological polar surface area (TPSA) is 25.2 Å². The second kappa shape index (κ2) is 7.29. The summed E-state index contributed by atoms with van der Waals surface area (Å²) in [6.07, 6.45) is 5.25. The first kappa shape index (κ1) is 12.0. The van der Waals surface area contributed by atoms with Crippen LogP contribution in [0.3, 0.4) is 0 Å². The third-order valence-electron chi connectivity index (χ3n) is 2.14. The van der Waals surface area contributed by atoms with Crippen LogP contribution < -0.4 is 5.32 Å². The van der Waals surface area contributed by atoms with Gasteiger partial charge in [-0.05, 0) is 47.7 Å². The summed E-state index contributed by atoms with van der Waals surface area (Å²) in [5.41, 5.74) is 0. The van der Waals surface area contributed by atoms with E-state index in [1.54, 1.807) is 0 Å². The SMILES string of the molecule is CCCCCCNCc1ccc(I)o1. The zero-order valence-corrected chi connectivity index (χ0v) is 10.8. The van der Waals surface area contributed by atoms with Crippen LogP contribution in [0.25, 0.3) is 0 Å². The highest BCUT2D eigenvalue weighted by atomic mass is 127. The summed E-state index contributed by atoms with van der Waals surface area (Å²) >= 11 is 2.19. The van der Waals surface area contributed by atoms with E-state index in [2.05, 4.69) is 34.8 Å². The van der Waals surface area contributed by atoms with Gasteiger partial charge in [0, 0.05) is 0 Å². The van der Waals surface area contributed by atoms with Crippen molar-refractivity contribution < 1.29 is 4.42 Å². The van der Waals surface area contributed by atoms with Crippen LogP contribution in [0.1, 0.15) is 38.4 Å². The number of hydrogen-bond donors (Lipinski definition) is 1. The van der Waals surface area contributed by atoms with Crippen molar-refractivity contribution in [3.05, 3.63) is 21.7 Å². The predicted molar refractivity (Wildman–Crippen MR) is 67.3 cm³/mol. The Kier molecular flexibility index (Phi) is 6.27. The van der Waals surface area contributed by atoms with Crippen molar-refractivity contribution in [2.75, 3.05) is 6.54 Å². The molecule has 1 heterocycles. The molecule has 80 valence electrons. The van der Waals surface area contributed by atoms with Crippen molar-refractivity contribution in [1.82, 2.24) is 5.32 Å². The van der Waals surface area contributed by atoms with Crippen LogP contribution in [0.4, 0.5) is 0 Å². The van der Waals surface area contributed by atoms with Gasteiger partial charge in [-0.1, -0.05) is 26.2 Å². The molecule has 2 nitrogen and oxygen atoms in total. The van der Waals surface area contributed by atoms with E-state index in [9.17, 15) is 0 Å². The fraction of sp³-hybridized carbons (Fsp3) is 0.636. The Balaban J connectivity index is 1.99. The molecular weight excluding hydrogens is 289 g/mol. The van der Waals surface area contributed by atoms with Crippen molar-refractivity contribution >= 4 is 22.6 Å². The van der Waals surface area contributed by atoms with E-state index in [4.69, 9.17) is 4.42 Å². The Labute approximate surface area is 99.6 Å². The molecule has 0 aliphatic heterocycles. The molecule has 0 bridgehead atoms. The van der Waals surface area contributed by atoms with E-state index in [1.165, 1.54) is 25.7 Å². The van der Waals surface area contributed by atoms with Crippen LogP contribution in [-0.2, 0) is 6.54 Å². The van der Waals surface area contributed by atoms with E-state index in [1.807, 2.05) is 12.1 Å². The van der Waals surface area contributed by atoms with Crippen molar-refractivity contribution in [3.8, 4) is 0 Å². The van der Waals surface area contributed by atoms with Gasteiger partial charge in [-0.3, -0.25) is 0 Å². The Morgan fingerprint density at radius 1 is 1.29 bits per heavy atom. The van der Waals surface area contributed by atoms with Gasteiger partial charge in [-0.15, -0.1) is 0 Å². The zero-order chi connectivity index (χ0) is 10.2. The van der Waals surface area contributed by atoms with Crippen molar-refractivity contribution in [2.24, 2.45) is 0 Å². The van der Waals surface area contributed by atoms with Crippen molar-refractivity contribution in [2.45, 2.75) is 39.2 Å². The Hall–Kier alpha value is -0.0300. The number of nitrogens with one attached hydrogen (secondary N) is 1. The van der Waals surface area contributed by atoms with Crippen LogP contribution in [0.15, 0.2) is 16.5 Å². The van der Waals surface area contributed by atoms with Crippen molar-refractivity contribution in [3.63, 3.8) is 0 Å². The summed E-state index contributed by atoms with van der Waals surface area (Å²) in [6.45, 7) is 4.19. The molecule has 0 amide bonds. The third-order valence-corrected chi connectivity index (χ3v) is 2.71. The molecular formula is C11H18INO. The molecule has 0 saturated carbocycles. The van der Waals surface area contributed by atoms with Crippen LogP contribution in [0, 0.1) is 3.77 Å². The monoisotopic (exact) mass is 307 g/mol. The quantitative estimate of drug-likeness (QED) is 0.615. The highest BCUT2D eigenvalue weighted by Gasteiger charge is 1.97. The number of furan rings is 1. The first-order valence-corrected chi connectivity index (χ1v) is 6.35. The maximum absolute atomic E-state index is 5.44. The van der Waals surface area contributed by atoms with Crippen LogP contribution in [0.5, 0.6) is 0 Å². The first-order valence-electron chi connectivity index (χ1n) is 5.28. The normalized spacial score (nSPS) is 10.7. The van der Waals surface area contributed by atoms with E-state index in [0.717, 1.165) is 22.6 Å². The van der Waals surface area contributed by atoms with E-state index in [0.29, 0.717) is 0 Å². The minimum absolute atomic E-state index is 0.856. The standard InChI is InChI=1S/C11H18INO/c1-2-3-4-5-8-13-9-10-6-7-11(12)14-10/h6-7,13H,2-5,8-9H2,1H3. The lowest BCUT2D eigenvalue weighted by Crippen LogP contribution is -2.14. The zero-order valence-electron chi connectivity index (χ0n) is 8.68. The minimum Gasteiger partial charge on any atom is -0.454 e. The van der Waals surface area contributed by atoms with E-state index in [-0.39, 0.29) is 0 Å². The third kappa shape index (κ3) is 5.00. The van der Waals surface area contributed by atoms with Crippen LogP contribution >= 0.6 is 22.6 Å². The molecule has 1 aromatic rings. The molecule has 0 saturated heterocycles. The molecule has 0 radical (unpaired) electrons. The largest absolute Gasteiger partial charge is 0.454 e. The lowest BCUT2D eigenvalue weighted by atomic mass is 10.2. The van der Waals surface area contributed by atoms with Gasteiger partial charge in [-0.25, -0.2) is 0 Å². The van der Waals surface area contributed by atoms with Gasteiger partial charge in [0.25, 0.3) is 0 Å². The maximum atomic E-state index is 5.44. The minimum atomic E-state index is 0.856. The Bertz CT molecular complexity index is 247. The van der Waals surface area contributed by atoms with E-state index >= 15 is 0 Å². The molecule has 0 aliphatic carbocycles. The van der Waals surface area contributed by atoms with Crippen molar-refractivity contribution in [1.29, 1.82) is 0 Å². The van der Waals surface area contributed by atoms with Gasteiger partial charge < -0.3 is 9.73 Å². The molecule has 0 aromatic carbocycles. The predicted octanol–water partition coefficient (Wildman–Crippen LogP) is 3.55. The Morgan fingerprint density at radius 2 is 2.14 bits per heavy atom. The average Bonchev–Trinajstić information content (AvgIpc) is 2.58. The highest BCUT2D eigenvalue weighted by molar-refractivity contribution is 14.1. The highest BCUT2D eigenvalue weighted by Crippen LogP contribution is 2.09. The smallest absolute Gasteiger partial charge is 0.164 e. The van der Waals surface area contributed by atoms with Crippen LogP contribution in [-0.4, -0.2) is 6.54 Å². The summed E-state index contributed by atoms with van der Waals surface area (Å²) in [5.74, 6) is 1.03. The molecule has 0 fully saturated rings. The van der Waals surface area contributed by atoms with Gasteiger partial charge in [0.2, 0.25) is 0 Å². The van der Waals surface area contributed by atoms with Gasteiger partial charge in [-0.2, -0.15) is 0 Å². The lowest BCUT2D eigenvalue weighted by Gasteiger charge is -2.01. The second-order valence-electron chi connectivity index (χ2n) is 3.44. The van der Waals surface area contributed by atoms with Gasteiger partial charge in [0.05, 0.1) is 6.54 Å². The fourth-order valence-electron chi connectivity index (χ4n) is 1.34. The molecule has 0 unspecified atom stereocenters. The van der Waals surface area contributed by atoms with Gasteiger partial charge in [0.15, 0.2) is 3.77 Å². The second-order valence-corrected chi connectivity index (χ2v) is 4.51. The molecule has 0 spiro atoms. The first-order chi connectivity index (χ1) is 6.83. The summed E-state index contributed by atoms with van der Waals surface area (Å²) in [4.78, 5) is 0. The van der Waals surface area contributed by atoms with E-state index < -0.39 is 0 Å². The van der Waals surface area contributed by atoms with Gasteiger partial charge >= 0.3 is 0 Å². The lowest BCUT2D eigenvalue weighted by molar-refractivity contribution is 0.459. The summed E-state index contributed by atoms with van der Waals surface area (Å²) in [5, 5.41) is 3.38. The molecule has 1 N–H and O–H groups in total. The average molecular weight is 307 g/mol. The Morgan fingerprint density at radius 3 is 2.79 bits per heavy atom. The molecule has 0 aliphatic rings. The number of rotatable bonds is 7. The summed E-state index contributed by atoms with van der Waals surface area (Å²) in [7, 11) is 0. The number of halogens is 1.